The molecule has 0 radical (unpaired) electrons. The number of hydrogen-bond acceptors (Lipinski definition) is 3. The van der Waals surface area contributed by atoms with Crippen molar-refractivity contribution < 1.29 is 4.74 Å². The first-order valence-electron chi connectivity index (χ1n) is 7.07. The summed E-state index contributed by atoms with van der Waals surface area (Å²) in [6.07, 6.45) is 3.85. The normalized spacial score (nSPS) is 35.6. The minimum atomic E-state index is 0.161. The molecule has 2 rings (SSSR count). The lowest BCUT2D eigenvalue weighted by molar-refractivity contribution is -0.0833. The summed E-state index contributed by atoms with van der Waals surface area (Å²) in [6, 6.07) is 0.583. The molecule has 2 aliphatic heterocycles. The Balaban J connectivity index is 1.92. The van der Waals surface area contributed by atoms with E-state index in [9.17, 15) is 0 Å². The molecule has 2 nitrogen and oxygen atoms in total. The molecule has 2 fully saturated rings. The van der Waals surface area contributed by atoms with Crippen LogP contribution in [0, 0.1) is 11.8 Å². The zero-order chi connectivity index (χ0) is 12.3. The largest absolute Gasteiger partial charge is 0.371 e. The molecule has 3 heteroatoms. The van der Waals surface area contributed by atoms with Crippen molar-refractivity contribution >= 4 is 11.8 Å². The molecule has 3 atom stereocenters. The maximum atomic E-state index is 6.16. The summed E-state index contributed by atoms with van der Waals surface area (Å²) in [6.45, 7) is 8.97. The van der Waals surface area contributed by atoms with Gasteiger partial charge >= 0.3 is 0 Å². The summed E-state index contributed by atoms with van der Waals surface area (Å²) >= 11 is 2.06. The van der Waals surface area contributed by atoms with E-state index in [0.717, 1.165) is 25.0 Å². The molecule has 17 heavy (non-hydrogen) atoms. The molecule has 0 amide bonds. The second-order valence-corrected chi connectivity index (χ2v) is 7.30. The third-order valence-corrected chi connectivity index (χ3v) is 5.23. The van der Waals surface area contributed by atoms with Crippen molar-refractivity contribution in [3.05, 3.63) is 0 Å². The van der Waals surface area contributed by atoms with Gasteiger partial charge in [-0.1, -0.05) is 20.8 Å². The molecular weight excluding hydrogens is 230 g/mol. The summed E-state index contributed by atoms with van der Waals surface area (Å²) < 4.78 is 6.16. The van der Waals surface area contributed by atoms with Crippen LogP contribution in [0.5, 0.6) is 0 Å². The Morgan fingerprint density at radius 3 is 2.88 bits per heavy atom. The van der Waals surface area contributed by atoms with Gasteiger partial charge in [-0.25, -0.2) is 0 Å². The van der Waals surface area contributed by atoms with Crippen molar-refractivity contribution in [2.75, 3.05) is 24.7 Å². The molecular formula is C14H27NOS. The van der Waals surface area contributed by atoms with Gasteiger partial charge in [0.05, 0.1) is 12.2 Å². The monoisotopic (exact) mass is 257 g/mol. The van der Waals surface area contributed by atoms with Crippen LogP contribution in [0.1, 0.15) is 40.0 Å². The molecule has 2 heterocycles. The van der Waals surface area contributed by atoms with Crippen LogP contribution >= 0.6 is 11.8 Å². The molecule has 1 spiro atoms. The maximum Gasteiger partial charge on any atom is 0.0933 e. The fraction of sp³-hybridized carbons (Fsp3) is 1.00. The average Bonchev–Trinajstić information content (AvgIpc) is 2.70. The molecule has 3 unspecified atom stereocenters. The summed E-state index contributed by atoms with van der Waals surface area (Å²) in [5, 5.41) is 3.72. The van der Waals surface area contributed by atoms with Crippen LogP contribution < -0.4 is 5.32 Å². The quantitative estimate of drug-likeness (QED) is 0.837. The second kappa shape index (κ2) is 5.94. The van der Waals surface area contributed by atoms with Crippen LogP contribution in [0.3, 0.4) is 0 Å². The summed E-state index contributed by atoms with van der Waals surface area (Å²) in [4.78, 5) is 0. The minimum Gasteiger partial charge on any atom is -0.371 e. The number of morpholine rings is 1. The number of thioether (sulfide) groups is 1. The van der Waals surface area contributed by atoms with E-state index in [1.165, 1.54) is 30.8 Å². The van der Waals surface area contributed by atoms with Crippen LogP contribution in [0.2, 0.25) is 0 Å². The summed E-state index contributed by atoms with van der Waals surface area (Å²) in [5.74, 6) is 4.08. The Labute approximate surface area is 110 Å². The van der Waals surface area contributed by atoms with Crippen LogP contribution in [0.25, 0.3) is 0 Å². The Hall–Kier alpha value is 0.270. The van der Waals surface area contributed by atoms with E-state index in [0.29, 0.717) is 6.04 Å². The van der Waals surface area contributed by atoms with Gasteiger partial charge in [-0.3, -0.25) is 0 Å². The molecule has 0 aromatic carbocycles. The van der Waals surface area contributed by atoms with Gasteiger partial charge in [0.15, 0.2) is 0 Å². The predicted molar refractivity (Wildman–Crippen MR) is 75.7 cm³/mol. The smallest absolute Gasteiger partial charge is 0.0933 e. The Morgan fingerprint density at radius 2 is 2.24 bits per heavy atom. The van der Waals surface area contributed by atoms with Gasteiger partial charge in [0.25, 0.3) is 0 Å². The highest BCUT2D eigenvalue weighted by molar-refractivity contribution is 7.99. The van der Waals surface area contributed by atoms with Crippen molar-refractivity contribution in [3.8, 4) is 0 Å². The summed E-state index contributed by atoms with van der Waals surface area (Å²) in [7, 11) is 0. The van der Waals surface area contributed by atoms with Gasteiger partial charge in [-0.05, 0) is 36.9 Å². The highest BCUT2D eigenvalue weighted by atomic mass is 32.2. The Bertz CT molecular complexity index is 238. The first-order chi connectivity index (χ1) is 8.12. The minimum absolute atomic E-state index is 0.161. The summed E-state index contributed by atoms with van der Waals surface area (Å²) in [5.41, 5.74) is 0.161. The van der Waals surface area contributed by atoms with E-state index in [2.05, 4.69) is 37.8 Å². The van der Waals surface area contributed by atoms with Crippen LogP contribution in [-0.4, -0.2) is 36.3 Å². The van der Waals surface area contributed by atoms with Crippen molar-refractivity contribution in [2.45, 2.75) is 51.7 Å². The van der Waals surface area contributed by atoms with E-state index in [1.807, 2.05) is 0 Å². The third-order valence-electron chi connectivity index (χ3n) is 4.05. The van der Waals surface area contributed by atoms with Gasteiger partial charge in [-0.15, -0.1) is 0 Å². The standard InChI is InChI=1S/C14H27NOS/c1-11(2)8-12(3)9-13-14(4-7-17-10-14)16-6-5-15-13/h11-13,15H,4-10H2,1-3H3. The predicted octanol–water partition coefficient (Wildman–Crippen LogP) is 2.92. The van der Waals surface area contributed by atoms with E-state index >= 15 is 0 Å². The molecule has 0 aromatic heterocycles. The van der Waals surface area contributed by atoms with Crippen LogP contribution in [0.15, 0.2) is 0 Å². The molecule has 0 aliphatic carbocycles. The van der Waals surface area contributed by atoms with Crippen molar-refractivity contribution in [1.29, 1.82) is 0 Å². The Morgan fingerprint density at radius 1 is 1.41 bits per heavy atom. The molecule has 0 saturated carbocycles. The number of nitrogens with one attached hydrogen (secondary N) is 1. The lowest BCUT2D eigenvalue weighted by Gasteiger charge is -2.42. The maximum absolute atomic E-state index is 6.16. The average molecular weight is 257 g/mol. The molecule has 100 valence electrons. The topological polar surface area (TPSA) is 21.3 Å². The lowest BCUT2D eigenvalue weighted by Crippen LogP contribution is -2.58. The van der Waals surface area contributed by atoms with Gasteiger partial charge < -0.3 is 10.1 Å². The molecule has 2 aliphatic rings. The van der Waals surface area contributed by atoms with Gasteiger partial charge in [0, 0.05) is 18.3 Å². The van der Waals surface area contributed by atoms with Crippen LogP contribution in [0.4, 0.5) is 0 Å². The van der Waals surface area contributed by atoms with E-state index in [1.54, 1.807) is 0 Å². The third kappa shape index (κ3) is 3.39. The zero-order valence-corrected chi connectivity index (χ0v) is 12.3. The highest BCUT2D eigenvalue weighted by Crippen LogP contribution is 2.38. The molecule has 0 bridgehead atoms. The van der Waals surface area contributed by atoms with E-state index < -0.39 is 0 Å². The van der Waals surface area contributed by atoms with Crippen LogP contribution in [-0.2, 0) is 4.74 Å². The van der Waals surface area contributed by atoms with Gasteiger partial charge in [0.1, 0.15) is 0 Å². The van der Waals surface area contributed by atoms with E-state index in [-0.39, 0.29) is 5.60 Å². The van der Waals surface area contributed by atoms with Crippen molar-refractivity contribution in [2.24, 2.45) is 11.8 Å². The number of hydrogen-bond donors (Lipinski definition) is 1. The lowest BCUT2D eigenvalue weighted by atomic mass is 9.83. The number of rotatable bonds is 4. The fourth-order valence-electron chi connectivity index (χ4n) is 3.33. The first kappa shape index (κ1) is 13.7. The van der Waals surface area contributed by atoms with Gasteiger partial charge in [-0.2, -0.15) is 11.8 Å². The first-order valence-corrected chi connectivity index (χ1v) is 8.23. The number of ether oxygens (including phenoxy) is 1. The zero-order valence-electron chi connectivity index (χ0n) is 11.5. The molecule has 0 aromatic rings. The van der Waals surface area contributed by atoms with Crippen molar-refractivity contribution in [1.82, 2.24) is 5.32 Å². The molecule has 1 N–H and O–H groups in total. The van der Waals surface area contributed by atoms with Crippen molar-refractivity contribution in [3.63, 3.8) is 0 Å². The highest BCUT2D eigenvalue weighted by Gasteiger charge is 2.44. The molecule has 2 saturated heterocycles. The Kier molecular flexibility index (Phi) is 4.79. The van der Waals surface area contributed by atoms with E-state index in [4.69, 9.17) is 4.74 Å². The SMILES string of the molecule is CC(C)CC(C)CC1NCCOC12CCSC2. The second-order valence-electron chi connectivity index (χ2n) is 6.19. The fourth-order valence-corrected chi connectivity index (χ4v) is 4.73. The van der Waals surface area contributed by atoms with Gasteiger partial charge in [0.2, 0.25) is 0 Å².